The second-order valence-corrected chi connectivity index (χ2v) is 3.85. The van der Waals surface area contributed by atoms with Gasteiger partial charge in [-0.2, -0.15) is 0 Å². The molecule has 2 rings (SSSR count). The molecular weight excluding hydrogens is 208 g/mol. The molecule has 0 fully saturated rings. The van der Waals surface area contributed by atoms with Crippen LogP contribution in [0.5, 0.6) is 5.75 Å². The summed E-state index contributed by atoms with van der Waals surface area (Å²) in [4.78, 5) is 0. The predicted molar refractivity (Wildman–Crippen MR) is 60.8 cm³/mol. The van der Waals surface area contributed by atoms with Crippen molar-refractivity contribution in [2.75, 3.05) is 0 Å². The summed E-state index contributed by atoms with van der Waals surface area (Å²) in [7, 11) is 0. The third-order valence-electron chi connectivity index (χ3n) is 2.26. The van der Waals surface area contributed by atoms with Crippen molar-refractivity contribution >= 4 is 11.6 Å². The first-order valence-electron chi connectivity index (χ1n) is 4.75. The highest BCUT2D eigenvalue weighted by atomic mass is 35.5. The van der Waals surface area contributed by atoms with E-state index in [4.69, 9.17) is 11.6 Å². The zero-order valence-electron chi connectivity index (χ0n) is 8.11. The zero-order chi connectivity index (χ0) is 10.7. The van der Waals surface area contributed by atoms with E-state index in [9.17, 15) is 5.11 Å². The van der Waals surface area contributed by atoms with E-state index in [-0.39, 0.29) is 5.75 Å². The van der Waals surface area contributed by atoms with Crippen LogP contribution in [0.4, 0.5) is 0 Å². The van der Waals surface area contributed by atoms with Gasteiger partial charge in [0.2, 0.25) is 0 Å². The minimum Gasteiger partial charge on any atom is -0.290 e. The van der Waals surface area contributed by atoms with Crippen molar-refractivity contribution in [2.45, 2.75) is 6.42 Å². The van der Waals surface area contributed by atoms with Crippen molar-refractivity contribution in [3.8, 4) is 5.75 Å². The van der Waals surface area contributed by atoms with Gasteiger partial charge in [0.25, 0.3) is 0 Å². The van der Waals surface area contributed by atoms with E-state index in [1.165, 1.54) is 6.07 Å². The molecule has 0 aliphatic carbocycles. The van der Waals surface area contributed by atoms with Gasteiger partial charge in [-0.1, -0.05) is 41.9 Å². The second-order valence-electron chi connectivity index (χ2n) is 3.41. The van der Waals surface area contributed by atoms with Gasteiger partial charge in [-0.15, -0.1) is 0 Å². The molecule has 0 aliphatic rings. The Labute approximate surface area is 94.0 Å². The summed E-state index contributed by atoms with van der Waals surface area (Å²) in [6.45, 7) is 0. The van der Waals surface area contributed by atoms with Crippen molar-refractivity contribution in [2.24, 2.45) is 0 Å². The lowest BCUT2D eigenvalue weighted by Gasteiger charge is -2.03. The molecule has 0 aliphatic heterocycles. The molecule has 0 heterocycles. The van der Waals surface area contributed by atoms with Gasteiger partial charge in [0.15, 0.2) is 5.75 Å². The van der Waals surface area contributed by atoms with Crippen molar-refractivity contribution in [1.29, 1.82) is 0 Å². The van der Waals surface area contributed by atoms with Crippen molar-refractivity contribution in [3.63, 3.8) is 0 Å². The molecule has 2 aromatic carbocycles. The van der Waals surface area contributed by atoms with Crippen LogP contribution < -0.4 is 0 Å². The number of hydrogen-bond acceptors (Lipinski definition) is 0. The topological polar surface area (TPSA) is 19.9 Å². The fraction of sp³-hybridized carbons (Fsp3) is 0.0769. The SMILES string of the molecule is [O]c1ccc(Cl)cc1Cc1ccccc1. The van der Waals surface area contributed by atoms with Crippen LogP contribution in [0.15, 0.2) is 48.5 Å². The van der Waals surface area contributed by atoms with Gasteiger partial charge in [-0.05, 0) is 23.8 Å². The quantitative estimate of drug-likeness (QED) is 0.723. The van der Waals surface area contributed by atoms with Crippen LogP contribution >= 0.6 is 11.6 Å². The molecule has 0 amide bonds. The number of halogens is 1. The van der Waals surface area contributed by atoms with Gasteiger partial charge >= 0.3 is 0 Å². The third kappa shape index (κ3) is 2.51. The minimum absolute atomic E-state index is 0.0447. The van der Waals surface area contributed by atoms with Crippen molar-refractivity contribution in [1.82, 2.24) is 0 Å². The summed E-state index contributed by atoms with van der Waals surface area (Å²) >= 11 is 5.84. The third-order valence-corrected chi connectivity index (χ3v) is 2.50. The average Bonchev–Trinajstić information content (AvgIpc) is 2.25. The summed E-state index contributed by atoms with van der Waals surface area (Å²) in [6, 6.07) is 14.8. The maximum Gasteiger partial charge on any atom is 0.182 e. The Kier molecular flexibility index (Phi) is 2.93. The van der Waals surface area contributed by atoms with E-state index in [0.717, 1.165) is 11.1 Å². The minimum atomic E-state index is 0.0447. The van der Waals surface area contributed by atoms with Crippen LogP contribution in [0.2, 0.25) is 5.02 Å². The molecule has 0 unspecified atom stereocenters. The highest BCUT2D eigenvalue weighted by Crippen LogP contribution is 2.24. The van der Waals surface area contributed by atoms with Crippen LogP contribution in [-0.4, -0.2) is 0 Å². The first-order chi connectivity index (χ1) is 7.25. The largest absolute Gasteiger partial charge is 0.290 e. The first-order valence-corrected chi connectivity index (χ1v) is 5.13. The molecule has 0 saturated heterocycles. The standard InChI is InChI=1S/C13H10ClO/c14-12-6-7-13(15)11(9-12)8-10-4-2-1-3-5-10/h1-7,9H,8H2. The van der Waals surface area contributed by atoms with E-state index in [1.54, 1.807) is 12.1 Å². The van der Waals surface area contributed by atoms with Gasteiger partial charge in [0.05, 0.1) is 0 Å². The van der Waals surface area contributed by atoms with Gasteiger partial charge in [-0.25, -0.2) is 0 Å². The average molecular weight is 218 g/mol. The summed E-state index contributed by atoms with van der Waals surface area (Å²) in [6.07, 6.45) is 0.639. The Balaban J connectivity index is 2.28. The lowest BCUT2D eigenvalue weighted by molar-refractivity contribution is 0.350. The van der Waals surface area contributed by atoms with Crippen molar-refractivity contribution < 1.29 is 5.11 Å². The smallest absolute Gasteiger partial charge is 0.182 e. The molecule has 0 aromatic heterocycles. The number of benzene rings is 2. The molecule has 15 heavy (non-hydrogen) atoms. The van der Waals surface area contributed by atoms with Crippen molar-refractivity contribution in [3.05, 3.63) is 64.7 Å². The normalized spacial score (nSPS) is 10.2. The summed E-state index contributed by atoms with van der Waals surface area (Å²) in [5.41, 5.74) is 1.87. The van der Waals surface area contributed by atoms with Crippen LogP contribution in [0, 0.1) is 0 Å². The molecule has 0 atom stereocenters. The lowest BCUT2D eigenvalue weighted by atomic mass is 10.0. The summed E-state index contributed by atoms with van der Waals surface area (Å²) in [5.74, 6) is 0.0447. The lowest BCUT2D eigenvalue weighted by Crippen LogP contribution is -1.87. The number of hydrogen-bond donors (Lipinski definition) is 0. The van der Waals surface area contributed by atoms with Crippen LogP contribution in [0.3, 0.4) is 0 Å². The Hall–Kier alpha value is -1.47. The van der Waals surface area contributed by atoms with Gasteiger partial charge < -0.3 is 0 Å². The van der Waals surface area contributed by atoms with E-state index in [0.29, 0.717) is 11.4 Å². The summed E-state index contributed by atoms with van der Waals surface area (Å²) in [5, 5.41) is 12.1. The van der Waals surface area contributed by atoms with Crippen LogP contribution in [0.25, 0.3) is 0 Å². The summed E-state index contributed by atoms with van der Waals surface area (Å²) < 4.78 is 0. The van der Waals surface area contributed by atoms with Crippen LogP contribution in [0.1, 0.15) is 11.1 Å². The predicted octanol–water partition coefficient (Wildman–Crippen LogP) is 4.07. The maximum absolute atomic E-state index is 11.5. The molecule has 0 saturated carbocycles. The van der Waals surface area contributed by atoms with Gasteiger partial charge in [-0.3, -0.25) is 5.11 Å². The molecule has 1 nitrogen and oxygen atoms in total. The molecule has 2 heteroatoms. The number of rotatable bonds is 2. The van der Waals surface area contributed by atoms with Crippen LogP contribution in [-0.2, 0) is 11.5 Å². The fourth-order valence-corrected chi connectivity index (χ4v) is 1.70. The van der Waals surface area contributed by atoms with Gasteiger partial charge in [0, 0.05) is 17.0 Å². The Morgan fingerprint density at radius 1 is 1.00 bits per heavy atom. The van der Waals surface area contributed by atoms with Gasteiger partial charge in [0.1, 0.15) is 0 Å². The molecule has 0 bridgehead atoms. The monoisotopic (exact) mass is 217 g/mol. The van der Waals surface area contributed by atoms with E-state index in [2.05, 4.69) is 0 Å². The van der Waals surface area contributed by atoms with E-state index in [1.807, 2.05) is 30.3 Å². The van der Waals surface area contributed by atoms with E-state index >= 15 is 0 Å². The fourth-order valence-electron chi connectivity index (χ4n) is 1.50. The Bertz CT molecular complexity index is 451. The second kappa shape index (κ2) is 4.37. The molecule has 1 radical (unpaired) electrons. The molecule has 2 aromatic rings. The molecular formula is C13H10ClO. The first kappa shape index (κ1) is 10.1. The highest BCUT2D eigenvalue weighted by molar-refractivity contribution is 6.30. The Morgan fingerprint density at radius 2 is 1.73 bits per heavy atom. The maximum atomic E-state index is 11.5. The molecule has 0 spiro atoms. The highest BCUT2D eigenvalue weighted by Gasteiger charge is 2.04. The molecule has 75 valence electrons. The van der Waals surface area contributed by atoms with E-state index < -0.39 is 0 Å². The Morgan fingerprint density at radius 3 is 2.47 bits per heavy atom. The molecule has 0 N–H and O–H groups in total. The zero-order valence-corrected chi connectivity index (χ0v) is 8.87.